The third-order valence-corrected chi connectivity index (χ3v) is 1.07. The van der Waals surface area contributed by atoms with Crippen LogP contribution in [-0.4, -0.2) is 22.6 Å². The minimum absolute atomic E-state index is 0.323. The molecule has 0 fully saturated rings. The summed E-state index contributed by atoms with van der Waals surface area (Å²) in [4.78, 5) is 31.4. The van der Waals surface area contributed by atoms with Gasteiger partial charge in [0.2, 0.25) is 0 Å². The first-order valence-corrected chi connectivity index (χ1v) is 3.45. The highest BCUT2D eigenvalue weighted by Crippen LogP contribution is 1.92. The molecule has 0 spiro atoms. The molecular formula is C8H10O4. The molecule has 12 heavy (non-hydrogen) atoms. The van der Waals surface area contributed by atoms with E-state index < -0.39 is 18.2 Å². The topological polar surface area (TPSA) is 71.4 Å². The predicted octanol–water partition coefficient (Wildman–Crippen LogP) is 0.565. The zero-order chi connectivity index (χ0) is 9.56. The van der Waals surface area contributed by atoms with E-state index in [0.29, 0.717) is 0 Å². The van der Waals surface area contributed by atoms with E-state index in [1.54, 1.807) is 6.92 Å². The van der Waals surface area contributed by atoms with Crippen LogP contribution in [0.1, 0.15) is 19.8 Å². The summed E-state index contributed by atoms with van der Waals surface area (Å²) in [6.07, 6.45) is 1.86. The Hall–Kier alpha value is -1.45. The maximum absolute atomic E-state index is 10.7. The van der Waals surface area contributed by atoms with E-state index in [2.05, 4.69) is 0 Å². The first-order chi connectivity index (χ1) is 5.56. The van der Waals surface area contributed by atoms with Crippen molar-refractivity contribution in [2.75, 3.05) is 0 Å². The second-order valence-electron chi connectivity index (χ2n) is 2.25. The van der Waals surface area contributed by atoms with Gasteiger partial charge in [-0.05, 0) is 13.0 Å². The second-order valence-corrected chi connectivity index (χ2v) is 2.25. The molecule has 0 atom stereocenters. The lowest BCUT2D eigenvalue weighted by Crippen LogP contribution is -2.10. The average Bonchev–Trinajstić information content (AvgIpc) is 1.84. The van der Waals surface area contributed by atoms with Crippen molar-refractivity contribution in [1.29, 1.82) is 0 Å². The zero-order valence-corrected chi connectivity index (χ0v) is 6.74. The van der Waals surface area contributed by atoms with Crippen molar-refractivity contribution in [3.05, 3.63) is 12.2 Å². The fraction of sp³-hybridized carbons (Fsp3) is 0.375. The normalized spacial score (nSPS) is 10.1. The Morgan fingerprint density at radius 3 is 2.25 bits per heavy atom. The number of Topliss-reactive ketones (excluding diaryl/α,β-unsaturated/α-hetero) is 1. The SMILES string of the molecule is CC=CC(=O)CC(=O)CC(=O)O. The quantitative estimate of drug-likeness (QED) is 0.483. The molecule has 0 aromatic rings. The van der Waals surface area contributed by atoms with Gasteiger partial charge in [-0.1, -0.05) is 6.08 Å². The van der Waals surface area contributed by atoms with Crippen molar-refractivity contribution in [2.45, 2.75) is 19.8 Å². The van der Waals surface area contributed by atoms with Gasteiger partial charge >= 0.3 is 5.97 Å². The number of hydrogen-bond donors (Lipinski definition) is 1. The summed E-state index contributed by atoms with van der Waals surface area (Å²) in [6, 6.07) is 0. The zero-order valence-electron chi connectivity index (χ0n) is 6.74. The summed E-state index contributed by atoms with van der Waals surface area (Å²) in [5, 5.41) is 8.18. The number of carboxylic acid groups (broad SMARTS) is 1. The Labute approximate surface area is 69.9 Å². The number of aliphatic carboxylic acids is 1. The van der Waals surface area contributed by atoms with E-state index in [0.717, 1.165) is 0 Å². The van der Waals surface area contributed by atoms with Gasteiger partial charge in [-0.3, -0.25) is 14.4 Å². The number of carbonyl (C=O) groups is 3. The van der Waals surface area contributed by atoms with Gasteiger partial charge in [0, 0.05) is 0 Å². The Bertz CT molecular complexity index is 227. The van der Waals surface area contributed by atoms with Crippen molar-refractivity contribution in [2.24, 2.45) is 0 Å². The number of carboxylic acids is 1. The molecular weight excluding hydrogens is 160 g/mol. The van der Waals surface area contributed by atoms with E-state index in [4.69, 9.17) is 5.11 Å². The van der Waals surface area contributed by atoms with Gasteiger partial charge in [0.25, 0.3) is 0 Å². The maximum atomic E-state index is 10.7. The van der Waals surface area contributed by atoms with Crippen LogP contribution in [0, 0.1) is 0 Å². The Balaban J connectivity index is 3.85. The Morgan fingerprint density at radius 1 is 1.25 bits per heavy atom. The lowest BCUT2D eigenvalue weighted by molar-refractivity contribution is -0.140. The van der Waals surface area contributed by atoms with Crippen LogP contribution in [0.15, 0.2) is 12.2 Å². The third kappa shape index (κ3) is 5.34. The molecule has 0 saturated carbocycles. The standard InChI is InChI=1S/C8H10O4/c1-2-3-6(9)4-7(10)5-8(11)12/h2-3H,4-5H2,1H3,(H,11,12). The van der Waals surface area contributed by atoms with Crippen molar-refractivity contribution in [3.63, 3.8) is 0 Å². The third-order valence-electron chi connectivity index (χ3n) is 1.07. The lowest BCUT2D eigenvalue weighted by atomic mass is 10.1. The molecule has 0 aliphatic rings. The molecule has 0 rings (SSSR count). The summed E-state index contributed by atoms with van der Waals surface area (Å²) in [6.45, 7) is 1.65. The molecule has 0 aliphatic carbocycles. The van der Waals surface area contributed by atoms with Crippen LogP contribution in [-0.2, 0) is 14.4 Å². The summed E-state index contributed by atoms with van der Waals surface area (Å²) >= 11 is 0. The molecule has 0 bridgehead atoms. The van der Waals surface area contributed by atoms with Gasteiger partial charge in [0.1, 0.15) is 6.42 Å². The van der Waals surface area contributed by atoms with Gasteiger partial charge in [0.05, 0.1) is 6.42 Å². The molecule has 0 aliphatic heterocycles. The van der Waals surface area contributed by atoms with E-state index in [-0.39, 0.29) is 12.2 Å². The summed E-state index contributed by atoms with van der Waals surface area (Å²) in [5.74, 6) is -2.12. The monoisotopic (exact) mass is 170 g/mol. The number of allylic oxidation sites excluding steroid dienone is 2. The summed E-state index contributed by atoms with van der Waals surface area (Å²) in [7, 11) is 0. The predicted molar refractivity (Wildman–Crippen MR) is 41.7 cm³/mol. The molecule has 0 heterocycles. The fourth-order valence-electron chi connectivity index (χ4n) is 0.670. The van der Waals surface area contributed by atoms with Crippen molar-refractivity contribution in [1.82, 2.24) is 0 Å². The first-order valence-electron chi connectivity index (χ1n) is 3.45. The molecule has 0 radical (unpaired) electrons. The Kier molecular flexibility index (Phi) is 4.60. The van der Waals surface area contributed by atoms with Crippen molar-refractivity contribution in [3.8, 4) is 0 Å². The van der Waals surface area contributed by atoms with E-state index >= 15 is 0 Å². The average molecular weight is 170 g/mol. The molecule has 4 nitrogen and oxygen atoms in total. The van der Waals surface area contributed by atoms with E-state index in [1.807, 2.05) is 0 Å². The van der Waals surface area contributed by atoms with Crippen LogP contribution in [0.2, 0.25) is 0 Å². The fourth-order valence-corrected chi connectivity index (χ4v) is 0.670. The lowest BCUT2D eigenvalue weighted by Gasteiger charge is -1.91. The molecule has 0 amide bonds. The van der Waals surface area contributed by atoms with E-state index in [9.17, 15) is 14.4 Å². The largest absolute Gasteiger partial charge is 0.481 e. The number of carbonyl (C=O) groups excluding carboxylic acids is 2. The summed E-state index contributed by atoms with van der Waals surface area (Å²) < 4.78 is 0. The molecule has 0 aromatic heterocycles. The molecule has 66 valence electrons. The highest BCUT2D eigenvalue weighted by atomic mass is 16.4. The molecule has 0 unspecified atom stereocenters. The smallest absolute Gasteiger partial charge is 0.310 e. The number of rotatable bonds is 5. The first kappa shape index (κ1) is 10.6. The van der Waals surface area contributed by atoms with Crippen molar-refractivity contribution >= 4 is 17.5 Å². The highest BCUT2D eigenvalue weighted by Gasteiger charge is 2.10. The van der Waals surface area contributed by atoms with Crippen LogP contribution in [0.3, 0.4) is 0 Å². The van der Waals surface area contributed by atoms with Crippen molar-refractivity contribution < 1.29 is 19.5 Å². The van der Waals surface area contributed by atoms with Gasteiger partial charge in [-0.25, -0.2) is 0 Å². The molecule has 0 aromatic carbocycles. The van der Waals surface area contributed by atoms with Gasteiger partial charge in [-0.15, -0.1) is 0 Å². The van der Waals surface area contributed by atoms with Gasteiger partial charge in [-0.2, -0.15) is 0 Å². The minimum atomic E-state index is -1.20. The highest BCUT2D eigenvalue weighted by molar-refractivity contribution is 6.08. The van der Waals surface area contributed by atoms with Gasteiger partial charge < -0.3 is 5.11 Å². The molecule has 1 N–H and O–H groups in total. The summed E-state index contributed by atoms with van der Waals surface area (Å²) in [5.41, 5.74) is 0. The molecule has 0 saturated heterocycles. The van der Waals surface area contributed by atoms with Gasteiger partial charge in [0.15, 0.2) is 11.6 Å². The van der Waals surface area contributed by atoms with Crippen LogP contribution in [0.25, 0.3) is 0 Å². The minimum Gasteiger partial charge on any atom is -0.481 e. The molecule has 4 heteroatoms. The van der Waals surface area contributed by atoms with Crippen LogP contribution in [0.4, 0.5) is 0 Å². The maximum Gasteiger partial charge on any atom is 0.310 e. The van der Waals surface area contributed by atoms with E-state index in [1.165, 1.54) is 12.2 Å². The number of ketones is 2. The Morgan fingerprint density at radius 2 is 1.83 bits per heavy atom. The second kappa shape index (κ2) is 5.23. The number of hydrogen-bond acceptors (Lipinski definition) is 3. The van der Waals surface area contributed by atoms with Crippen LogP contribution < -0.4 is 0 Å². The van der Waals surface area contributed by atoms with Crippen LogP contribution in [0.5, 0.6) is 0 Å². The van der Waals surface area contributed by atoms with Crippen LogP contribution >= 0.6 is 0 Å².